The zero-order chi connectivity index (χ0) is 16.2. The Morgan fingerprint density at radius 1 is 1.05 bits per heavy atom. The SMILES string of the molecule is CCNS(=O)(=O)NCC(c1cccs1)S(=O)(=O)c1cccs1. The maximum absolute atomic E-state index is 12.7. The van der Waals surface area contributed by atoms with Gasteiger partial charge in [-0.2, -0.15) is 8.42 Å². The van der Waals surface area contributed by atoms with Gasteiger partial charge in [0.1, 0.15) is 9.46 Å². The summed E-state index contributed by atoms with van der Waals surface area (Å²) in [7, 11) is -7.35. The zero-order valence-electron chi connectivity index (χ0n) is 11.7. The average Bonchev–Trinajstić information content (AvgIpc) is 3.12. The third kappa shape index (κ3) is 4.15. The molecule has 2 N–H and O–H groups in total. The normalized spacial score (nSPS) is 14.0. The smallest absolute Gasteiger partial charge is 0.222 e. The second-order valence-electron chi connectivity index (χ2n) is 4.33. The van der Waals surface area contributed by atoms with E-state index in [1.165, 1.54) is 17.4 Å². The van der Waals surface area contributed by atoms with Gasteiger partial charge in [-0.1, -0.05) is 19.1 Å². The van der Waals surface area contributed by atoms with Crippen molar-refractivity contribution in [1.29, 1.82) is 0 Å². The summed E-state index contributed by atoms with van der Waals surface area (Å²) in [6.07, 6.45) is 0. The standard InChI is InChI=1S/C12H16N2O4S4/c1-2-13-22(17,18)14-9-11(10-5-3-7-19-10)21(15,16)12-6-4-8-20-12/h3-8,11,13-14H,2,9H2,1H3. The summed E-state index contributed by atoms with van der Waals surface area (Å²) in [6, 6.07) is 6.63. The Bertz CT molecular complexity index is 780. The van der Waals surface area contributed by atoms with Crippen molar-refractivity contribution in [3.8, 4) is 0 Å². The highest BCUT2D eigenvalue weighted by atomic mass is 32.2. The van der Waals surface area contributed by atoms with Crippen molar-refractivity contribution in [2.24, 2.45) is 0 Å². The highest BCUT2D eigenvalue weighted by molar-refractivity contribution is 7.94. The van der Waals surface area contributed by atoms with Crippen LogP contribution in [0.5, 0.6) is 0 Å². The van der Waals surface area contributed by atoms with Crippen LogP contribution in [0.1, 0.15) is 17.1 Å². The van der Waals surface area contributed by atoms with Gasteiger partial charge in [0.25, 0.3) is 10.2 Å². The summed E-state index contributed by atoms with van der Waals surface area (Å²) in [5, 5.41) is 2.51. The van der Waals surface area contributed by atoms with Crippen LogP contribution in [0, 0.1) is 0 Å². The van der Waals surface area contributed by atoms with Crippen LogP contribution in [0.15, 0.2) is 39.2 Å². The molecule has 10 heteroatoms. The third-order valence-corrected chi connectivity index (χ3v) is 8.67. The van der Waals surface area contributed by atoms with E-state index in [0.29, 0.717) is 4.88 Å². The molecular weight excluding hydrogens is 364 g/mol. The average molecular weight is 381 g/mol. The Hall–Kier alpha value is -0.780. The zero-order valence-corrected chi connectivity index (χ0v) is 15.0. The van der Waals surface area contributed by atoms with E-state index in [4.69, 9.17) is 0 Å². The minimum absolute atomic E-state index is 0.212. The molecule has 0 aliphatic heterocycles. The molecule has 2 heterocycles. The van der Waals surface area contributed by atoms with Crippen LogP contribution in [-0.4, -0.2) is 29.9 Å². The molecule has 0 saturated heterocycles. The highest BCUT2D eigenvalue weighted by Gasteiger charge is 2.31. The van der Waals surface area contributed by atoms with E-state index in [9.17, 15) is 16.8 Å². The van der Waals surface area contributed by atoms with Crippen molar-refractivity contribution >= 4 is 42.7 Å². The Kier molecular flexibility index (Phi) is 5.75. The van der Waals surface area contributed by atoms with Gasteiger partial charge in [0, 0.05) is 18.0 Å². The summed E-state index contributed by atoms with van der Waals surface area (Å²) in [6.45, 7) is 1.67. The molecule has 1 unspecified atom stereocenters. The Balaban J connectivity index is 2.30. The molecule has 0 fully saturated rings. The van der Waals surface area contributed by atoms with Gasteiger partial charge < -0.3 is 0 Å². The van der Waals surface area contributed by atoms with Crippen LogP contribution >= 0.6 is 22.7 Å². The lowest BCUT2D eigenvalue weighted by atomic mass is 10.3. The number of hydrogen-bond acceptors (Lipinski definition) is 6. The summed E-state index contributed by atoms with van der Waals surface area (Å²) in [4.78, 5) is 0.604. The molecular formula is C12H16N2O4S4. The van der Waals surface area contributed by atoms with E-state index in [2.05, 4.69) is 9.44 Å². The van der Waals surface area contributed by atoms with Crippen molar-refractivity contribution in [3.63, 3.8) is 0 Å². The molecule has 2 aromatic rings. The van der Waals surface area contributed by atoms with E-state index >= 15 is 0 Å². The van der Waals surface area contributed by atoms with Gasteiger partial charge >= 0.3 is 0 Å². The van der Waals surface area contributed by atoms with Crippen LogP contribution < -0.4 is 9.44 Å². The quantitative estimate of drug-likeness (QED) is 0.730. The summed E-state index contributed by atoms with van der Waals surface area (Å²) in [5.41, 5.74) is 0. The molecule has 0 aliphatic carbocycles. The van der Waals surface area contributed by atoms with Crippen molar-refractivity contribution in [3.05, 3.63) is 39.9 Å². The summed E-state index contributed by atoms with van der Waals surface area (Å²) < 4.78 is 53.7. The lowest BCUT2D eigenvalue weighted by Crippen LogP contribution is -2.39. The molecule has 6 nitrogen and oxygen atoms in total. The van der Waals surface area contributed by atoms with Crippen LogP contribution in [0.4, 0.5) is 0 Å². The fourth-order valence-corrected chi connectivity index (χ4v) is 6.79. The third-order valence-electron chi connectivity index (χ3n) is 2.80. The predicted molar refractivity (Wildman–Crippen MR) is 89.2 cm³/mol. The Labute approximate surface area is 138 Å². The Morgan fingerprint density at radius 3 is 2.27 bits per heavy atom. The van der Waals surface area contributed by atoms with Gasteiger partial charge in [-0.05, 0) is 22.9 Å². The fourth-order valence-electron chi connectivity index (χ4n) is 1.83. The largest absolute Gasteiger partial charge is 0.276 e. The fraction of sp³-hybridized carbons (Fsp3) is 0.333. The minimum Gasteiger partial charge on any atom is -0.222 e. The lowest BCUT2D eigenvalue weighted by Gasteiger charge is -2.16. The minimum atomic E-state index is -3.70. The molecule has 0 radical (unpaired) electrons. The van der Waals surface area contributed by atoms with Crippen LogP contribution in [0.2, 0.25) is 0 Å². The molecule has 0 spiro atoms. The number of thiophene rings is 2. The second kappa shape index (κ2) is 7.20. The van der Waals surface area contributed by atoms with E-state index in [1.54, 1.807) is 35.9 Å². The van der Waals surface area contributed by atoms with Gasteiger partial charge in [0.2, 0.25) is 0 Å². The Morgan fingerprint density at radius 2 is 1.73 bits per heavy atom. The van der Waals surface area contributed by atoms with Gasteiger partial charge in [0.05, 0.1) is 0 Å². The van der Waals surface area contributed by atoms with Crippen molar-refractivity contribution in [2.45, 2.75) is 16.4 Å². The van der Waals surface area contributed by atoms with E-state index in [-0.39, 0.29) is 17.3 Å². The van der Waals surface area contributed by atoms with Crippen molar-refractivity contribution in [2.75, 3.05) is 13.1 Å². The molecule has 0 aliphatic rings. The van der Waals surface area contributed by atoms with Crippen LogP contribution in [-0.2, 0) is 20.0 Å². The number of sulfone groups is 1. The monoisotopic (exact) mass is 380 g/mol. The van der Waals surface area contributed by atoms with Gasteiger partial charge in [-0.3, -0.25) is 0 Å². The molecule has 2 aromatic heterocycles. The summed E-state index contributed by atoms with van der Waals surface area (Å²) >= 11 is 2.41. The first-order valence-corrected chi connectivity index (χ1v) is 11.2. The first-order chi connectivity index (χ1) is 10.4. The molecule has 0 aromatic carbocycles. The molecule has 0 amide bonds. The van der Waals surface area contributed by atoms with Crippen LogP contribution in [0.25, 0.3) is 0 Å². The maximum atomic E-state index is 12.7. The van der Waals surface area contributed by atoms with E-state index in [0.717, 1.165) is 11.3 Å². The van der Waals surface area contributed by atoms with Gasteiger partial charge in [-0.25, -0.2) is 17.9 Å². The molecule has 2 rings (SSSR count). The topological polar surface area (TPSA) is 92.3 Å². The van der Waals surface area contributed by atoms with Crippen molar-refractivity contribution < 1.29 is 16.8 Å². The van der Waals surface area contributed by atoms with Gasteiger partial charge in [-0.15, -0.1) is 22.7 Å². The number of rotatable bonds is 8. The first-order valence-electron chi connectivity index (χ1n) is 6.42. The van der Waals surface area contributed by atoms with Gasteiger partial charge in [0.15, 0.2) is 9.84 Å². The molecule has 1 atom stereocenters. The van der Waals surface area contributed by atoms with E-state index < -0.39 is 25.3 Å². The molecule has 0 saturated carbocycles. The summed E-state index contributed by atoms with van der Waals surface area (Å²) in [5.74, 6) is 0. The van der Waals surface area contributed by atoms with E-state index in [1.807, 2.05) is 0 Å². The molecule has 122 valence electrons. The second-order valence-corrected chi connectivity index (χ2v) is 10.2. The molecule has 22 heavy (non-hydrogen) atoms. The predicted octanol–water partition coefficient (Wildman–Crippen LogP) is 1.77. The maximum Gasteiger partial charge on any atom is 0.276 e. The lowest BCUT2D eigenvalue weighted by molar-refractivity contribution is 0.562. The molecule has 0 bridgehead atoms. The number of nitrogens with one attached hydrogen (secondary N) is 2. The number of hydrogen-bond donors (Lipinski definition) is 2. The van der Waals surface area contributed by atoms with Crippen LogP contribution in [0.3, 0.4) is 0 Å². The first kappa shape index (κ1) is 17.6. The van der Waals surface area contributed by atoms with Crippen molar-refractivity contribution in [1.82, 2.24) is 9.44 Å². The highest BCUT2D eigenvalue weighted by Crippen LogP contribution is 2.33.